The van der Waals surface area contributed by atoms with Gasteiger partial charge in [-0.2, -0.15) is 10.2 Å². The summed E-state index contributed by atoms with van der Waals surface area (Å²) in [7, 11) is 0. The number of ether oxygens (including phenoxy) is 1. The lowest BCUT2D eigenvalue weighted by atomic mass is 10.2. The highest BCUT2D eigenvalue weighted by Gasteiger charge is 2.11. The molecule has 1 heterocycles. The van der Waals surface area contributed by atoms with Gasteiger partial charge in [0.15, 0.2) is 0 Å². The molecule has 0 unspecified atom stereocenters. The van der Waals surface area contributed by atoms with Crippen LogP contribution >= 0.6 is 0 Å². The maximum absolute atomic E-state index is 12.7. The summed E-state index contributed by atoms with van der Waals surface area (Å²) in [5.41, 5.74) is 11.9. The molecule has 0 radical (unpaired) electrons. The van der Waals surface area contributed by atoms with Crippen LogP contribution < -0.4 is 20.5 Å². The molecule has 8 heteroatoms. The van der Waals surface area contributed by atoms with E-state index in [1.165, 1.54) is 5.69 Å². The molecular formula is C29H30N6O2. The van der Waals surface area contributed by atoms with Crippen LogP contribution in [0.3, 0.4) is 0 Å². The van der Waals surface area contributed by atoms with Crippen LogP contribution in [0.5, 0.6) is 5.75 Å². The van der Waals surface area contributed by atoms with E-state index in [-0.39, 0.29) is 0 Å². The molecule has 0 aliphatic heterocycles. The van der Waals surface area contributed by atoms with Gasteiger partial charge in [-0.3, -0.25) is 4.98 Å². The van der Waals surface area contributed by atoms with Crippen molar-refractivity contribution in [3.05, 3.63) is 102 Å². The second-order valence-electron chi connectivity index (χ2n) is 8.29. The van der Waals surface area contributed by atoms with E-state index in [1.807, 2.05) is 37.3 Å². The number of carbonyl (C=O) groups excluding carboxylic acids is 1. The standard InChI is InChI=1S/C29H30N6O2/c1-4-35(5-2)27-13-10-24(11-14-27)32-31-23-8-6-22(7-9-23)29(36)37-28-15-12-26(20-21(28)3)34-33-25-16-18-30-19-17-25/h6-20,31-32H,4-5H2,1-3H3. The number of esters is 1. The number of anilines is 3. The van der Waals surface area contributed by atoms with Gasteiger partial charge in [0, 0.05) is 31.2 Å². The molecule has 0 aliphatic rings. The van der Waals surface area contributed by atoms with Gasteiger partial charge in [-0.1, -0.05) is 0 Å². The zero-order chi connectivity index (χ0) is 26.0. The number of nitrogens with one attached hydrogen (secondary N) is 2. The van der Waals surface area contributed by atoms with Gasteiger partial charge < -0.3 is 20.5 Å². The Morgan fingerprint density at radius 3 is 2.00 bits per heavy atom. The third-order valence-corrected chi connectivity index (χ3v) is 5.77. The van der Waals surface area contributed by atoms with Crippen LogP contribution in [0.2, 0.25) is 0 Å². The Morgan fingerprint density at radius 1 is 0.811 bits per heavy atom. The number of nitrogens with zero attached hydrogens (tertiary/aromatic N) is 4. The van der Waals surface area contributed by atoms with Gasteiger partial charge in [0.1, 0.15) is 5.75 Å². The lowest BCUT2D eigenvalue weighted by Crippen LogP contribution is -2.21. The summed E-state index contributed by atoms with van der Waals surface area (Å²) in [5, 5.41) is 8.41. The first kappa shape index (κ1) is 25.4. The Bertz CT molecular complexity index is 1340. The van der Waals surface area contributed by atoms with Crippen LogP contribution in [0, 0.1) is 6.92 Å². The van der Waals surface area contributed by atoms with E-state index >= 15 is 0 Å². The summed E-state index contributed by atoms with van der Waals surface area (Å²) >= 11 is 0. The normalized spacial score (nSPS) is 10.8. The lowest BCUT2D eigenvalue weighted by molar-refractivity contribution is 0.0733. The van der Waals surface area contributed by atoms with Crippen molar-refractivity contribution in [3.63, 3.8) is 0 Å². The Hall–Kier alpha value is -4.72. The summed E-state index contributed by atoms with van der Waals surface area (Å²) in [6, 6.07) is 24.2. The molecule has 2 N–H and O–H groups in total. The zero-order valence-electron chi connectivity index (χ0n) is 21.2. The molecule has 4 aromatic rings. The minimum absolute atomic E-state index is 0.430. The molecule has 0 fully saturated rings. The molecule has 3 aromatic carbocycles. The SMILES string of the molecule is CCN(CC)c1ccc(NNc2ccc(C(=O)Oc3ccc(N=Nc4ccncc4)cc3C)cc2)cc1. The maximum atomic E-state index is 12.7. The molecular weight excluding hydrogens is 464 g/mol. The van der Waals surface area contributed by atoms with Crippen LogP contribution in [-0.2, 0) is 0 Å². The van der Waals surface area contributed by atoms with Crippen molar-refractivity contribution in [1.82, 2.24) is 4.98 Å². The number of aromatic nitrogens is 1. The van der Waals surface area contributed by atoms with Crippen molar-refractivity contribution in [3.8, 4) is 5.75 Å². The van der Waals surface area contributed by atoms with Crippen LogP contribution in [0.15, 0.2) is 101 Å². The van der Waals surface area contributed by atoms with Gasteiger partial charge in [-0.05, 0) is 105 Å². The van der Waals surface area contributed by atoms with E-state index in [0.29, 0.717) is 22.7 Å². The number of benzene rings is 3. The van der Waals surface area contributed by atoms with Crippen molar-refractivity contribution in [2.24, 2.45) is 10.2 Å². The monoisotopic (exact) mass is 494 g/mol. The van der Waals surface area contributed by atoms with Gasteiger partial charge in [0.2, 0.25) is 0 Å². The van der Waals surface area contributed by atoms with Crippen molar-refractivity contribution in [1.29, 1.82) is 0 Å². The molecule has 0 aliphatic carbocycles. The smallest absolute Gasteiger partial charge is 0.343 e. The number of azo groups is 1. The van der Waals surface area contributed by atoms with Gasteiger partial charge in [-0.25, -0.2) is 4.79 Å². The molecule has 0 spiro atoms. The minimum Gasteiger partial charge on any atom is -0.423 e. The quantitative estimate of drug-likeness (QED) is 0.104. The Morgan fingerprint density at radius 2 is 1.41 bits per heavy atom. The van der Waals surface area contributed by atoms with Crippen LogP contribution in [-0.4, -0.2) is 24.0 Å². The molecule has 8 nitrogen and oxygen atoms in total. The average Bonchev–Trinajstić information content (AvgIpc) is 2.94. The lowest BCUT2D eigenvalue weighted by Gasteiger charge is -2.21. The van der Waals surface area contributed by atoms with E-state index in [1.54, 1.807) is 48.8 Å². The van der Waals surface area contributed by atoms with Crippen molar-refractivity contribution in [2.45, 2.75) is 20.8 Å². The summed E-state index contributed by atoms with van der Waals surface area (Å²) < 4.78 is 5.61. The maximum Gasteiger partial charge on any atom is 0.343 e. The Balaban J connectivity index is 1.32. The first-order valence-electron chi connectivity index (χ1n) is 12.2. The van der Waals surface area contributed by atoms with Gasteiger partial charge >= 0.3 is 5.97 Å². The van der Waals surface area contributed by atoms with Gasteiger partial charge in [-0.15, -0.1) is 0 Å². The number of hydrazine groups is 1. The van der Waals surface area contributed by atoms with E-state index in [0.717, 1.165) is 30.0 Å². The second-order valence-corrected chi connectivity index (χ2v) is 8.29. The molecule has 1 aromatic heterocycles. The predicted octanol–water partition coefficient (Wildman–Crippen LogP) is 7.31. The van der Waals surface area contributed by atoms with Crippen molar-refractivity contribution in [2.75, 3.05) is 28.8 Å². The number of carbonyl (C=O) groups is 1. The highest BCUT2D eigenvalue weighted by molar-refractivity contribution is 5.91. The summed E-state index contributed by atoms with van der Waals surface area (Å²) in [4.78, 5) is 18.9. The van der Waals surface area contributed by atoms with Gasteiger partial charge in [0.05, 0.1) is 28.3 Å². The fourth-order valence-electron chi connectivity index (χ4n) is 3.67. The molecule has 0 bridgehead atoms. The fourth-order valence-corrected chi connectivity index (χ4v) is 3.67. The van der Waals surface area contributed by atoms with E-state index < -0.39 is 5.97 Å². The fraction of sp³-hybridized carbons (Fsp3) is 0.172. The zero-order valence-corrected chi connectivity index (χ0v) is 21.2. The Kier molecular flexibility index (Phi) is 8.44. The topological polar surface area (TPSA) is 91.2 Å². The highest BCUT2D eigenvalue weighted by Crippen LogP contribution is 2.26. The predicted molar refractivity (Wildman–Crippen MR) is 148 cm³/mol. The molecule has 0 saturated carbocycles. The van der Waals surface area contributed by atoms with Crippen molar-refractivity contribution < 1.29 is 9.53 Å². The third kappa shape index (κ3) is 6.91. The molecule has 4 rings (SSSR count). The average molecular weight is 495 g/mol. The van der Waals surface area contributed by atoms with E-state index in [4.69, 9.17) is 4.74 Å². The third-order valence-electron chi connectivity index (χ3n) is 5.77. The van der Waals surface area contributed by atoms with E-state index in [9.17, 15) is 4.79 Å². The number of rotatable bonds is 10. The van der Waals surface area contributed by atoms with Crippen molar-refractivity contribution >= 4 is 34.4 Å². The molecule has 0 atom stereocenters. The van der Waals surface area contributed by atoms with Crippen LogP contribution in [0.4, 0.5) is 28.4 Å². The highest BCUT2D eigenvalue weighted by atomic mass is 16.5. The Labute approximate surface area is 217 Å². The largest absolute Gasteiger partial charge is 0.423 e. The van der Waals surface area contributed by atoms with Crippen LogP contribution in [0.25, 0.3) is 0 Å². The number of aryl methyl sites for hydroxylation is 1. The molecule has 188 valence electrons. The first-order chi connectivity index (χ1) is 18.1. The number of pyridine rings is 1. The number of hydrogen-bond donors (Lipinski definition) is 2. The molecule has 0 saturated heterocycles. The molecule has 0 amide bonds. The summed E-state index contributed by atoms with van der Waals surface area (Å²) in [5.74, 6) is 0.0469. The second kappa shape index (κ2) is 12.3. The number of hydrogen-bond acceptors (Lipinski definition) is 8. The molecule has 37 heavy (non-hydrogen) atoms. The minimum atomic E-state index is -0.430. The van der Waals surface area contributed by atoms with Crippen LogP contribution in [0.1, 0.15) is 29.8 Å². The van der Waals surface area contributed by atoms with E-state index in [2.05, 4.69) is 56.9 Å². The van der Waals surface area contributed by atoms with Gasteiger partial charge in [0.25, 0.3) is 0 Å². The summed E-state index contributed by atoms with van der Waals surface area (Å²) in [6.45, 7) is 8.10. The summed E-state index contributed by atoms with van der Waals surface area (Å²) in [6.07, 6.45) is 3.32. The first-order valence-corrected chi connectivity index (χ1v) is 12.2.